The molecule has 10 heteroatoms. The number of amides is 1. The highest BCUT2D eigenvalue weighted by molar-refractivity contribution is 7.89. The minimum Gasteiger partial charge on any atom is -0.493 e. The Morgan fingerprint density at radius 2 is 1.50 bits per heavy atom. The molecular weight excluding hydrogens is 367 g/mol. The molecule has 0 aliphatic carbocycles. The second kappa shape index (κ2) is 8.02. The van der Waals surface area contributed by atoms with E-state index in [9.17, 15) is 17.6 Å². The Hall–Kier alpha value is -2.85. The number of carbonyl (C=O) groups is 1. The molecule has 0 aliphatic heterocycles. The normalized spacial score (nSPS) is 10.9. The molecular formula is C16H17FN2O6S. The van der Waals surface area contributed by atoms with E-state index in [1.165, 1.54) is 33.5 Å². The summed E-state index contributed by atoms with van der Waals surface area (Å²) in [6, 6.07) is 6.86. The zero-order valence-electron chi connectivity index (χ0n) is 14.2. The van der Waals surface area contributed by atoms with Gasteiger partial charge in [-0.15, -0.1) is 4.83 Å². The maximum atomic E-state index is 12.9. The van der Waals surface area contributed by atoms with Crippen LogP contribution in [-0.4, -0.2) is 35.7 Å². The van der Waals surface area contributed by atoms with E-state index in [0.717, 1.165) is 24.3 Å². The number of hydrogen-bond acceptors (Lipinski definition) is 6. The largest absolute Gasteiger partial charge is 0.493 e. The van der Waals surface area contributed by atoms with Gasteiger partial charge in [0.25, 0.3) is 15.9 Å². The minimum atomic E-state index is -4.06. The lowest BCUT2D eigenvalue weighted by molar-refractivity contribution is 0.0944. The maximum Gasteiger partial charge on any atom is 0.266 e. The molecule has 1 amide bonds. The van der Waals surface area contributed by atoms with Gasteiger partial charge in [-0.3, -0.25) is 10.2 Å². The molecule has 0 aliphatic rings. The van der Waals surface area contributed by atoms with E-state index >= 15 is 0 Å². The molecule has 2 aromatic rings. The fraction of sp³-hybridized carbons (Fsp3) is 0.188. The van der Waals surface area contributed by atoms with Crippen LogP contribution in [0.1, 0.15) is 10.4 Å². The average molecular weight is 384 g/mol. The summed E-state index contributed by atoms with van der Waals surface area (Å²) >= 11 is 0. The molecule has 26 heavy (non-hydrogen) atoms. The fourth-order valence-corrected chi connectivity index (χ4v) is 2.91. The van der Waals surface area contributed by atoms with Crippen molar-refractivity contribution in [2.45, 2.75) is 4.90 Å². The monoisotopic (exact) mass is 384 g/mol. The Kier molecular flexibility index (Phi) is 6.01. The minimum absolute atomic E-state index is 0.0707. The lowest BCUT2D eigenvalue weighted by atomic mass is 10.1. The summed E-state index contributed by atoms with van der Waals surface area (Å²) in [5.41, 5.74) is 2.14. The van der Waals surface area contributed by atoms with Crippen LogP contribution >= 0.6 is 0 Å². The highest BCUT2D eigenvalue weighted by Gasteiger charge is 2.19. The molecule has 2 aromatic carbocycles. The van der Waals surface area contributed by atoms with Crippen LogP contribution < -0.4 is 24.5 Å². The van der Waals surface area contributed by atoms with Gasteiger partial charge in [-0.05, 0) is 36.4 Å². The van der Waals surface area contributed by atoms with Gasteiger partial charge < -0.3 is 14.2 Å². The predicted octanol–water partition coefficient (Wildman–Crippen LogP) is 1.47. The molecule has 8 nitrogen and oxygen atoms in total. The third-order valence-electron chi connectivity index (χ3n) is 3.35. The molecule has 0 saturated heterocycles. The summed E-state index contributed by atoms with van der Waals surface area (Å²) in [7, 11) is 0.124. The van der Waals surface area contributed by atoms with Crippen LogP contribution in [0, 0.1) is 5.82 Å². The van der Waals surface area contributed by atoms with Gasteiger partial charge in [0.15, 0.2) is 11.5 Å². The number of ether oxygens (including phenoxy) is 3. The summed E-state index contributed by atoms with van der Waals surface area (Å²) < 4.78 is 52.5. The van der Waals surface area contributed by atoms with Crippen molar-refractivity contribution in [3.05, 3.63) is 47.8 Å². The zero-order chi connectivity index (χ0) is 19.3. The van der Waals surface area contributed by atoms with Gasteiger partial charge in [0.1, 0.15) is 5.82 Å². The van der Waals surface area contributed by atoms with Crippen molar-refractivity contribution in [3.8, 4) is 17.2 Å². The first-order chi connectivity index (χ1) is 12.3. The van der Waals surface area contributed by atoms with Crippen molar-refractivity contribution < 1.29 is 31.8 Å². The quantitative estimate of drug-likeness (QED) is 0.701. The Balaban J connectivity index is 2.21. The van der Waals surface area contributed by atoms with Gasteiger partial charge in [-0.1, -0.05) is 0 Å². The summed E-state index contributed by atoms with van der Waals surface area (Å²) in [5, 5.41) is 0. The Labute approximate surface area is 149 Å². The fourth-order valence-electron chi connectivity index (χ4n) is 2.07. The molecule has 2 rings (SSSR count). The molecule has 0 bridgehead atoms. The third kappa shape index (κ3) is 4.21. The lowest BCUT2D eigenvalue weighted by Crippen LogP contribution is -2.41. The van der Waals surface area contributed by atoms with Crippen LogP contribution in [0.2, 0.25) is 0 Å². The molecule has 0 aromatic heterocycles. The predicted molar refractivity (Wildman–Crippen MR) is 90.3 cm³/mol. The first-order valence-corrected chi connectivity index (χ1v) is 8.68. The zero-order valence-corrected chi connectivity index (χ0v) is 15.0. The highest BCUT2D eigenvalue weighted by atomic mass is 32.2. The van der Waals surface area contributed by atoms with Gasteiger partial charge >= 0.3 is 0 Å². The van der Waals surface area contributed by atoms with Crippen LogP contribution in [0.4, 0.5) is 4.39 Å². The Bertz CT molecular complexity index is 874. The lowest BCUT2D eigenvalue weighted by Gasteiger charge is -2.14. The first-order valence-electron chi connectivity index (χ1n) is 7.20. The van der Waals surface area contributed by atoms with E-state index in [0.29, 0.717) is 5.75 Å². The van der Waals surface area contributed by atoms with Crippen molar-refractivity contribution in [2.24, 2.45) is 0 Å². The second-order valence-corrected chi connectivity index (χ2v) is 6.61. The van der Waals surface area contributed by atoms with E-state index in [2.05, 4.69) is 5.43 Å². The molecule has 0 heterocycles. The number of sulfonamides is 1. The van der Waals surface area contributed by atoms with E-state index in [4.69, 9.17) is 14.2 Å². The van der Waals surface area contributed by atoms with E-state index < -0.39 is 21.7 Å². The summed E-state index contributed by atoms with van der Waals surface area (Å²) in [4.78, 5) is 14.0. The third-order valence-corrected chi connectivity index (χ3v) is 4.61. The molecule has 140 valence electrons. The number of methoxy groups -OCH3 is 3. The Morgan fingerprint density at radius 1 is 0.962 bits per heavy atom. The van der Waals surface area contributed by atoms with Gasteiger partial charge in [0, 0.05) is 5.56 Å². The SMILES string of the molecule is COc1cc(C(=O)NNS(=O)(=O)c2ccc(F)cc2)cc(OC)c1OC. The number of rotatable bonds is 7. The molecule has 0 radical (unpaired) electrons. The van der Waals surface area contributed by atoms with Crippen LogP contribution in [0.5, 0.6) is 17.2 Å². The molecule has 0 spiro atoms. The van der Waals surface area contributed by atoms with E-state index in [-0.39, 0.29) is 22.0 Å². The number of hydrazine groups is 1. The van der Waals surface area contributed by atoms with Gasteiger partial charge in [-0.2, -0.15) is 0 Å². The van der Waals surface area contributed by atoms with Gasteiger partial charge in [0.05, 0.1) is 26.2 Å². The Morgan fingerprint density at radius 3 is 1.96 bits per heavy atom. The summed E-state index contributed by atoms with van der Waals surface area (Å²) in [5.74, 6) is -0.574. The number of halogens is 1. The average Bonchev–Trinajstić information content (AvgIpc) is 2.65. The smallest absolute Gasteiger partial charge is 0.266 e. The standard InChI is InChI=1S/C16H17FN2O6S/c1-23-13-8-10(9-14(24-2)15(13)25-3)16(20)18-19-26(21,22)12-6-4-11(17)5-7-12/h4-9,19H,1-3H3,(H,18,20). The molecule has 0 atom stereocenters. The molecule has 0 saturated carbocycles. The highest BCUT2D eigenvalue weighted by Crippen LogP contribution is 2.38. The first kappa shape index (κ1) is 19.5. The molecule has 2 N–H and O–H groups in total. The maximum absolute atomic E-state index is 12.9. The second-order valence-electron chi connectivity index (χ2n) is 4.93. The van der Waals surface area contributed by atoms with Crippen LogP contribution in [0.15, 0.2) is 41.3 Å². The number of nitrogens with one attached hydrogen (secondary N) is 2. The van der Waals surface area contributed by atoms with Crippen LogP contribution in [0.25, 0.3) is 0 Å². The van der Waals surface area contributed by atoms with E-state index in [1.54, 1.807) is 0 Å². The van der Waals surface area contributed by atoms with E-state index in [1.807, 2.05) is 4.83 Å². The number of carbonyl (C=O) groups excluding carboxylic acids is 1. The van der Waals surface area contributed by atoms with Crippen molar-refractivity contribution in [2.75, 3.05) is 21.3 Å². The molecule has 0 unspecified atom stereocenters. The molecule has 0 fully saturated rings. The number of benzene rings is 2. The topological polar surface area (TPSA) is 103 Å². The summed E-state index contributed by atoms with van der Waals surface area (Å²) in [6.45, 7) is 0. The van der Waals surface area contributed by atoms with Crippen molar-refractivity contribution in [1.29, 1.82) is 0 Å². The van der Waals surface area contributed by atoms with Crippen molar-refractivity contribution in [3.63, 3.8) is 0 Å². The number of hydrogen-bond donors (Lipinski definition) is 2. The van der Waals surface area contributed by atoms with Gasteiger partial charge in [0.2, 0.25) is 5.75 Å². The summed E-state index contributed by atoms with van der Waals surface area (Å²) in [6.07, 6.45) is 0. The van der Waals surface area contributed by atoms with Gasteiger partial charge in [-0.25, -0.2) is 12.8 Å². The van der Waals surface area contributed by atoms with Crippen molar-refractivity contribution >= 4 is 15.9 Å². The van der Waals surface area contributed by atoms with Crippen LogP contribution in [0.3, 0.4) is 0 Å². The van der Waals surface area contributed by atoms with Crippen molar-refractivity contribution in [1.82, 2.24) is 10.3 Å². The van der Waals surface area contributed by atoms with Crippen LogP contribution in [-0.2, 0) is 10.0 Å².